The van der Waals surface area contributed by atoms with Gasteiger partial charge in [-0.15, -0.1) is 13.2 Å². The third kappa shape index (κ3) is 8.55. The largest absolute Gasteiger partial charge is 0.355 e. The van der Waals surface area contributed by atoms with Crippen LogP contribution in [0.2, 0.25) is 0 Å². The van der Waals surface area contributed by atoms with Crippen molar-refractivity contribution >= 4 is 0 Å². The molecule has 2 heterocycles. The molecule has 0 spiro atoms. The van der Waals surface area contributed by atoms with Gasteiger partial charge < -0.3 is 15.4 Å². The van der Waals surface area contributed by atoms with Gasteiger partial charge in [-0.05, 0) is 45.4 Å². The Morgan fingerprint density at radius 3 is 2.64 bits per heavy atom. The zero-order chi connectivity index (χ0) is 19.2. The van der Waals surface area contributed by atoms with Crippen LogP contribution in [0, 0.1) is 0 Å². The summed E-state index contributed by atoms with van der Waals surface area (Å²) in [6.07, 6.45) is 14.6. The van der Waals surface area contributed by atoms with Gasteiger partial charge in [0, 0.05) is 18.4 Å². The fraction of sp³-hybridized carbons (Fsp3) is 0.636. The van der Waals surface area contributed by atoms with Gasteiger partial charge in [-0.2, -0.15) is 0 Å². The summed E-state index contributed by atoms with van der Waals surface area (Å²) in [7, 11) is 0. The van der Waals surface area contributed by atoms with Crippen molar-refractivity contribution in [3.8, 4) is 0 Å². The van der Waals surface area contributed by atoms with Crippen molar-refractivity contribution in [1.82, 2.24) is 4.90 Å². The molecule has 0 radical (unpaired) electrons. The minimum atomic E-state index is 0.155. The first kappa shape index (κ1) is 23.7. The number of nitrogens with two attached hydrogens (primary N) is 1. The van der Waals surface area contributed by atoms with Crippen LogP contribution in [0.1, 0.15) is 72.6 Å². The lowest BCUT2D eigenvalue weighted by molar-refractivity contribution is -0.0186. The van der Waals surface area contributed by atoms with E-state index in [0.29, 0.717) is 6.10 Å². The quantitative estimate of drug-likeness (QED) is 0.581. The first-order chi connectivity index (χ1) is 12.1. The average molecular weight is 349 g/mol. The first-order valence-electron chi connectivity index (χ1n) is 9.80. The molecule has 2 aliphatic heterocycles. The summed E-state index contributed by atoms with van der Waals surface area (Å²) in [5, 5.41) is 0. The van der Waals surface area contributed by atoms with Crippen LogP contribution in [0.4, 0.5) is 0 Å². The second-order valence-corrected chi connectivity index (χ2v) is 6.39. The summed E-state index contributed by atoms with van der Waals surface area (Å²) in [6, 6.07) is 0.155. The monoisotopic (exact) mass is 348 g/mol. The maximum atomic E-state index is 6.19. The Morgan fingerprint density at radius 2 is 2.04 bits per heavy atom. The van der Waals surface area contributed by atoms with E-state index < -0.39 is 0 Å². The normalized spacial score (nSPS) is 22.9. The fourth-order valence-electron chi connectivity index (χ4n) is 3.05. The molecular formula is C22H40N2O. The Labute approximate surface area is 156 Å². The Bertz CT molecular complexity index is 428. The minimum Gasteiger partial charge on any atom is -0.355 e. The summed E-state index contributed by atoms with van der Waals surface area (Å²) in [4.78, 5) is 2.22. The third-order valence-corrected chi connectivity index (χ3v) is 4.42. The number of hydrogen-bond donors (Lipinski definition) is 1. The highest BCUT2D eigenvalue weighted by Crippen LogP contribution is 2.29. The zero-order valence-electron chi connectivity index (χ0n) is 17.0. The van der Waals surface area contributed by atoms with E-state index in [0.717, 1.165) is 44.9 Å². The second-order valence-electron chi connectivity index (χ2n) is 6.39. The molecule has 1 fully saturated rings. The first-order valence-corrected chi connectivity index (χ1v) is 9.80. The van der Waals surface area contributed by atoms with Crippen molar-refractivity contribution in [2.24, 2.45) is 5.73 Å². The van der Waals surface area contributed by atoms with Gasteiger partial charge in [0.15, 0.2) is 0 Å². The lowest BCUT2D eigenvalue weighted by atomic mass is 9.98. The Kier molecular flexibility index (Phi) is 13.2. The van der Waals surface area contributed by atoms with Crippen LogP contribution in [0.3, 0.4) is 0 Å². The summed E-state index contributed by atoms with van der Waals surface area (Å²) in [6.45, 7) is 18.5. The fourth-order valence-corrected chi connectivity index (χ4v) is 3.05. The molecule has 2 rings (SSSR count). The van der Waals surface area contributed by atoms with Gasteiger partial charge in [-0.1, -0.05) is 51.0 Å². The molecule has 3 unspecified atom stereocenters. The minimum absolute atomic E-state index is 0.155. The standard InChI is InChI=1S/C18H30N2O.C2H6.C2H4/c1-4-6-17(19)15(3)8-9-16-10-11-18(21-16)20-12-5-7-14(2)13-20;2*1-2/h5,12-13,16-18H,3-4,6-11,19H2,1-2H3;1-2H3;1-2H2. The Balaban J connectivity index is 0.00000134. The number of allylic oxidation sites excluding steroid dienone is 2. The van der Waals surface area contributed by atoms with E-state index in [1.165, 1.54) is 11.1 Å². The predicted molar refractivity (Wildman–Crippen MR) is 111 cm³/mol. The Morgan fingerprint density at radius 1 is 1.36 bits per heavy atom. The van der Waals surface area contributed by atoms with Crippen molar-refractivity contribution in [3.63, 3.8) is 0 Å². The molecule has 0 bridgehead atoms. The van der Waals surface area contributed by atoms with Crippen LogP contribution in [0.25, 0.3) is 0 Å². The maximum Gasteiger partial charge on any atom is 0.133 e. The number of ether oxygens (including phenoxy) is 1. The highest BCUT2D eigenvalue weighted by atomic mass is 16.5. The van der Waals surface area contributed by atoms with Crippen LogP contribution in [-0.4, -0.2) is 23.3 Å². The van der Waals surface area contributed by atoms with E-state index in [-0.39, 0.29) is 12.3 Å². The maximum absolute atomic E-state index is 6.19. The molecule has 0 aromatic heterocycles. The van der Waals surface area contributed by atoms with Crippen LogP contribution in [-0.2, 0) is 4.74 Å². The summed E-state index contributed by atoms with van der Waals surface area (Å²) in [5.41, 5.74) is 8.68. The molecule has 144 valence electrons. The Hall–Kier alpha value is -1.32. The summed E-state index contributed by atoms with van der Waals surface area (Å²) < 4.78 is 6.19. The highest BCUT2D eigenvalue weighted by molar-refractivity contribution is 5.12. The van der Waals surface area contributed by atoms with E-state index in [4.69, 9.17) is 10.5 Å². The molecule has 2 N–H and O–H groups in total. The smallest absolute Gasteiger partial charge is 0.133 e. The summed E-state index contributed by atoms with van der Waals surface area (Å²) >= 11 is 0. The van der Waals surface area contributed by atoms with Crippen molar-refractivity contribution < 1.29 is 4.74 Å². The number of hydrogen-bond acceptors (Lipinski definition) is 3. The van der Waals surface area contributed by atoms with Crippen LogP contribution >= 0.6 is 0 Å². The molecule has 0 aromatic rings. The van der Waals surface area contributed by atoms with Crippen molar-refractivity contribution in [2.75, 3.05) is 0 Å². The van der Waals surface area contributed by atoms with Crippen molar-refractivity contribution in [1.29, 1.82) is 0 Å². The topological polar surface area (TPSA) is 38.5 Å². The molecule has 3 nitrogen and oxygen atoms in total. The average Bonchev–Trinajstić information content (AvgIpc) is 3.12. The van der Waals surface area contributed by atoms with E-state index in [1.807, 2.05) is 13.8 Å². The number of rotatable bonds is 7. The molecule has 3 heteroatoms. The highest BCUT2D eigenvalue weighted by Gasteiger charge is 2.28. The zero-order valence-corrected chi connectivity index (χ0v) is 17.0. The van der Waals surface area contributed by atoms with Crippen LogP contribution in [0.15, 0.2) is 49.4 Å². The van der Waals surface area contributed by atoms with Gasteiger partial charge in [0.25, 0.3) is 0 Å². The van der Waals surface area contributed by atoms with Crippen molar-refractivity contribution in [2.45, 2.75) is 91.0 Å². The molecule has 0 amide bonds. The number of nitrogens with zero attached hydrogens (tertiary/aromatic N) is 1. The lowest BCUT2D eigenvalue weighted by Gasteiger charge is -2.27. The molecule has 25 heavy (non-hydrogen) atoms. The molecule has 0 saturated carbocycles. The molecule has 2 aliphatic rings. The van der Waals surface area contributed by atoms with Crippen LogP contribution < -0.4 is 5.73 Å². The van der Waals surface area contributed by atoms with Gasteiger partial charge in [-0.25, -0.2) is 0 Å². The molecule has 0 aromatic carbocycles. The summed E-state index contributed by atoms with van der Waals surface area (Å²) in [5.74, 6) is 0. The van der Waals surface area contributed by atoms with E-state index in [9.17, 15) is 0 Å². The van der Waals surface area contributed by atoms with Crippen molar-refractivity contribution in [3.05, 3.63) is 49.4 Å². The predicted octanol–water partition coefficient (Wildman–Crippen LogP) is 5.91. The lowest BCUT2D eigenvalue weighted by Crippen LogP contribution is -2.28. The van der Waals surface area contributed by atoms with Gasteiger partial charge in [0.1, 0.15) is 6.23 Å². The van der Waals surface area contributed by atoms with Gasteiger partial charge in [0.2, 0.25) is 0 Å². The molecule has 3 atom stereocenters. The van der Waals surface area contributed by atoms with Gasteiger partial charge in [-0.3, -0.25) is 0 Å². The van der Waals surface area contributed by atoms with Crippen LogP contribution in [0.5, 0.6) is 0 Å². The third-order valence-electron chi connectivity index (χ3n) is 4.42. The van der Waals surface area contributed by atoms with Gasteiger partial charge in [0.05, 0.1) is 6.10 Å². The second kappa shape index (κ2) is 13.9. The molecular weight excluding hydrogens is 308 g/mol. The van der Waals surface area contributed by atoms with Gasteiger partial charge >= 0.3 is 0 Å². The van der Waals surface area contributed by atoms with E-state index >= 15 is 0 Å². The molecule has 0 aliphatic carbocycles. The molecule has 1 saturated heterocycles. The van der Waals surface area contributed by atoms with E-state index in [1.54, 1.807) is 0 Å². The SMILES string of the molecule is C=C.C=C(CCC1CCC(N2C=CCC(C)=C2)O1)C(N)CCC.CC. The van der Waals surface area contributed by atoms with E-state index in [2.05, 4.69) is 57.0 Å².